The minimum atomic E-state index is -0.208. The van der Waals surface area contributed by atoms with Gasteiger partial charge >= 0.3 is 6.01 Å². The van der Waals surface area contributed by atoms with Crippen molar-refractivity contribution >= 4 is 10.9 Å². The number of hydrogen-bond acceptors (Lipinski definition) is 6. The summed E-state index contributed by atoms with van der Waals surface area (Å²) in [5, 5.41) is 20.5. The molecular formula is C35H35N5O3. The maximum absolute atomic E-state index is 11.0. The number of nitrogens with two attached hydrogens (primary N) is 1. The molecule has 0 aliphatic heterocycles. The Balaban J connectivity index is 1.45. The van der Waals surface area contributed by atoms with E-state index in [0.29, 0.717) is 36.9 Å². The second-order valence-electron chi connectivity index (χ2n) is 10.8. The first kappa shape index (κ1) is 28.1. The van der Waals surface area contributed by atoms with E-state index in [0.717, 1.165) is 45.6 Å². The smallest absolute Gasteiger partial charge is 0.319 e. The zero-order valence-electron chi connectivity index (χ0n) is 24.4. The van der Waals surface area contributed by atoms with E-state index in [1.165, 1.54) is 0 Å². The van der Waals surface area contributed by atoms with Crippen LogP contribution in [0.25, 0.3) is 28.0 Å². The second kappa shape index (κ2) is 12.4. The Labute approximate surface area is 251 Å². The Morgan fingerprint density at radius 2 is 1.47 bits per heavy atom. The van der Waals surface area contributed by atoms with Crippen LogP contribution in [0.15, 0.2) is 103 Å². The van der Waals surface area contributed by atoms with E-state index in [1.54, 1.807) is 4.57 Å². The summed E-state index contributed by atoms with van der Waals surface area (Å²) in [5.74, 6) is 1.94. The summed E-state index contributed by atoms with van der Waals surface area (Å²) in [6, 6.07) is 31.9. The van der Waals surface area contributed by atoms with Crippen molar-refractivity contribution in [3.05, 3.63) is 120 Å². The summed E-state index contributed by atoms with van der Waals surface area (Å²) in [6.07, 6.45) is 2.02. The van der Waals surface area contributed by atoms with Crippen molar-refractivity contribution in [2.45, 2.75) is 39.5 Å². The first-order chi connectivity index (χ1) is 21.0. The van der Waals surface area contributed by atoms with Crippen molar-refractivity contribution in [2.75, 3.05) is 6.54 Å². The highest BCUT2D eigenvalue weighted by atomic mass is 16.5. The minimum Gasteiger partial charge on any atom is -0.488 e. The van der Waals surface area contributed by atoms with Crippen molar-refractivity contribution in [1.29, 1.82) is 0 Å². The molecule has 43 heavy (non-hydrogen) atoms. The highest BCUT2D eigenvalue weighted by Gasteiger charge is 2.23. The van der Waals surface area contributed by atoms with Crippen molar-refractivity contribution < 1.29 is 14.6 Å². The van der Waals surface area contributed by atoms with Gasteiger partial charge in [0.15, 0.2) is 5.82 Å². The number of aromatic nitrogens is 4. The normalized spacial score (nSPS) is 11.3. The SMILES string of the molecule is CC(C)c1cc(-c2nnc(O)n2-c2ccc3c(ccn3CCN)c2)c(OCc2ccccc2)cc1OCc1ccccc1. The Bertz CT molecular complexity index is 1830. The van der Waals surface area contributed by atoms with Gasteiger partial charge in [-0.05, 0) is 52.9 Å². The van der Waals surface area contributed by atoms with Crippen LogP contribution in [0.2, 0.25) is 0 Å². The first-order valence-corrected chi connectivity index (χ1v) is 14.5. The fraction of sp³-hybridized carbons (Fsp3) is 0.200. The van der Waals surface area contributed by atoms with Crippen molar-refractivity contribution in [3.8, 4) is 34.6 Å². The van der Waals surface area contributed by atoms with E-state index >= 15 is 0 Å². The minimum absolute atomic E-state index is 0.149. The molecule has 0 unspecified atom stereocenters. The number of benzene rings is 4. The molecule has 4 aromatic carbocycles. The van der Waals surface area contributed by atoms with Gasteiger partial charge in [0.25, 0.3) is 0 Å². The molecule has 0 spiro atoms. The van der Waals surface area contributed by atoms with E-state index < -0.39 is 0 Å². The van der Waals surface area contributed by atoms with Crippen molar-refractivity contribution in [3.63, 3.8) is 0 Å². The average Bonchev–Trinajstić information content (AvgIpc) is 3.62. The predicted octanol–water partition coefficient (Wildman–Crippen LogP) is 6.83. The average molecular weight is 574 g/mol. The Kier molecular flexibility index (Phi) is 8.11. The van der Waals surface area contributed by atoms with Gasteiger partial charge in [-0.15, -0.1) is 5.10 Å². The van der Waals surface area contributed by atoms with Crippen LogP contribution in [0.1, 0.15) is 36.5 Å². The van der Waals surface area contributed by atoms with Crippen LogP contribution in [-0.2, 0) is 19.8 Å². The Morgan fingerprint density at radius 3 is 2.12 bits per heavy atom. The molecule has 6 rings (SSSR count). The number of hydrogen-bond donors (Lipinski definition) is 2. The van der Waals surface area contributed by atoms with Gasteiger partial charge in [0.1, 0.15) is 24.7 Å². The van der Waals surface area contributed by atoms with Gasteiger partial charge in [-0.25, -0.2) is 4.57 Å². The van der Waals surface area contributed by atoms with Crippen LogP contribution in [0.5, 0.6) is 17.5 Å². The Hall–Kier alpha value is -5.08. The number of aromatic hydroxyl groups is 1. The fourth-order valence-corrected chi connectivity index (χ4v) is 5.27. The monoisotopic (exact) mass is 573 g/mol. The lowest BCUT2D eigenvalue weighted by atomic mass is 9.98. The number of rotatable bonds is 11. The third kappa shape index (κ3) is 5.96. The largest absolute Gasteiger partial charge is 0.488 e. The van der Waals surface area contributed by atoms with Gasteiger partial charge in [0, 0.05) is 36.3 Å². The standard InChI is InChI=1S/C35H35N5O3/c1-24(2)29-20-30(34-37-38-35(41)40(34)28-13-14-31-27(19-28)15-17-39(31)18-16-36)33(43-23-26-11-7-4-8-12-26)21-32(29)42-22-25-9-5-3-6-10-25/h3-15,17,19-21,24H,16,18,22-23,36H2,1-2H3,(H,38,41). The van der Waals surface area contributed by atoms with Gasteiger partial charge in [-0.2, -0.15) is 0 Å². The maximum Gasteiger partial charge on any atom is 0.319 e. The Morgan fingerprint density at radius 1 is 0.791 bits per heavy atom. The summed E-state index contributed by atoms with van der Waals surface area (Å²) in [5.41, 5.74) is 11.4. The summed E-state index contributed by atoms with van der Waals surface area (Å²) in [7, 11) is 0. The van der Waals surface area contributed by atoms with Crippen LogP contribution < -0.4 is 15.2 Å². The van der Waals surface area contributed by atoms with Crippen LogP contribution in [0.3, 0.4) is 0 Å². The third-order valence-electron chi connectivity index (χ3n) is 7.48. The van der Waals surface area contributed by atoms with Crippen LogP contribution >= 0.6 is 0 Å². The molecule has 8 nitrogen and oxygen atoms in total. The van der Waals surface area contributed by atoms with Gasteiger partial charge in [-0.1, -0.05) is 79.6 Å². The quantitative estimate of drug-likeness (QED) is 0.176. The lowest BCUT2D eigenvalue weighted by Gasteiger charge is -2.20. The highest BCUT2D eigenvalue weighted by Crippen LogP contribution is 2.41. The third-order valence-corrected chi connectivity index (χ3v) is 7.48. The molecule has 6 aromatic rings. The molecule has 8 heteroatoms. The predicted molar refractivity (Wildman–Crippen MR) is 169 cm³/mol. The second-order valence-corrected chi connectivity index (χ2v) is 10.8. The van der Waals surface area contributed by atoms with E-state index in [-0.39, 0.29) is 11.9 Å². The molecule has 0 atom stereocenters. The van der Waals surface area contributed by atoms with E-state index in [4.69, 9.17) is 15.2 Å². The summed E-state index contributed by atoms with van der Waals surface area (Å²) in [6.45, 7) is 6.32. The molecule has 0 saturated carbocycles. The molecule has 218 valence electrons. The van der Waals surface area contributed by atoms with E-state index in [9.17, 15) is 5.11 Å². The molecule has 0 aliphatic carbocycles. The van der Waals surface area contributed by atoms with E-state index in [2.05, 4.69) is 28.6 Å². The molecule has 0 amide bonds. The topological polar surface area (TPSA) is 100 Å². The molecular weight excluding hydrogens is 538 g/mol. The molecule has 2 heterocycles. The molecule has 2 aromatic heterocycles. The lowest BCUT2D eigenvalue weighted by Crippen LogP contribution is -2.08. The van der Waals surface area contributed by atoms with Crippen LogP contribution in [0, 0.1) is 0 Å². The maximum atomic E-state index is 11.0. The van der Waals surface area contributed by atoms with Gasteiger partial charge in [-0.3, -0.25) is 0 Å². The molecule has 3 N–H and O–H groups in total. The summed E-state index contributed by atoms with van der Waals surface area (Å²) < 4.78 is 16.6. The molecule has 0 bridgehead atoms. The van der Waals surface area contributed by atoms with Gasteiger partial charge in [0.2, 0.25) is 0 Å². The zero-order valence-corrected chi connectivity index (χ0v) is 24.4. The molecule has 0 saturated heterocycles. The number of nitrogens with zero attached hydrogens (tertiary/aromatic N) is 4. The van der Waals surface area contributed by atoms with Gasteiger partial charge < -0.3 is 24.9 Å². The van der Waals surface area contributed by atoms with Crippen LogP contribution in [-0.4, -0.2) is 31.0 Å². The zero-order chi connectivity index (χ0) is 29.8. The molecule has 0 aliphatic rings. The number of ether oxygens (including phenoxy) is 2. The number of fused-ring (bicyclic) bond motifs is 1. The van der Waals surface area contributed by atoms with Crippen LogP contribution in [0.4, 0.5) is 0 Å². The summed E-state index contributed by atoms with van der Waals surface area (Å²) in [4.78, 5) is 0. The first-order valence-electron chi connectivity index (χ1n) is 14.5. The molecule has 0 fully saturated rings. The van der Waals surface area contributed by atoms with Crippen molar-refractivity contribution in [1.82, 2.24) is 19.3 Å². The van der Waals surface area contributed by atoms with Gasteiger partial charge in [0.05, 0.1) is 11.3 Å². The lowest BCUT2D eigenvalue weighted by molar-refractivity contribution is 0.288. The fourth-order valence-electron chi connectivity index (χ4n) is 5.27. The van der Waals surface area contributed by atoms with Crippen molar-refractivity contribution in [2.24, 2.45) is 5.73 Å². The summed E-state index contributed by atoms with van der Waals surface area (Å²) >= 11 is 0. The molecule has 0 radical (unpaired) electrons. The van der Waals surface area contributed by atoms with E-state index in [1.807, 2.05) is 103 Å². The highest BCUT2D eigenvalue weighted by molar-refractivity contribution is 5.83.